The predicted octanol–water partition coefficient (Wildman–Crippen LogP) is 4.01. The number of hydrogen-bond acceptors (Lipinski definition) is 7. The van der Waals surface area contributed by atoms with Crippen molar-refractivity contribution in [3.05, 3.63) is 71.4 Å². The largest absolute Gasteiger partial charge is 0.465 e. The molecule has 216 valence electrons. The second-order valence-corrected chi connectivity index (χ2v) is 9.67. The predicted molar refractivity (Wildman–Crippen MR) is 140 cm³/mol. The molecule has 0 bridgehead atoms. The topological polar surface area (TPSA) is 163 Å². The minimum absolute atomic E-state index is 0.0164. The van der Waals surface area contributed by atoms with Crippen molar-refractivity contribution < 1.29 is 42.5 Å². The van der Waals surface area contributed by atoms with Gasteiger partial charge in [-0.2, -0.15) is 0 Å². The van der Waals surface area contributed by atoms with Crippen LogP contribution in [0.5, 0.6) is 0 Å². The van der Waals surface area contributed by atoms with Crippen LogP contribution in [-0.4, -0.2) is 55.8 Å². The van der Waals surface area contributed by atoms with Crippen molar-refractivity contribution in [2.24, 2.45) is 0 Å². The normalized spacial score (nSPS) is 22.1. The number of rotatable bonds is 6. The van der Waals surface area contributed by atoms with Crippen molar-refractivity contribution in [1.82, 2.24) is 15.3 Å². The molecule has 1 aliphatic rings. The second-order valence-electron chi connectivity index (χ2n) is 9.67. The van der Waals surface area contributed by atoms with Crippen LogP contribution in [-0.2, 0) is 9.53 Å². The van der Waals surface area contributed by atoms with E-state index in [2.05, 4.69) is 25.9 Å². The van der Waals surface area contributed by atoms with Crippen LogP contribution in [0, 0.1) is 17.5 Å². The molecule has 3 heterocycles. The maximum absolute atomic E-state index is 14.8. The first-order chi connectivity index (χ1) is 19.3. The molecule has 2 aromatic heterocycles. The maximum atomic E-state index is 14.8. The average molecular weight is 574 g/mol. The van der Waals surface area contributed by atoms with Crippen LogP contribution in [0.3, 0.4) is 0 Å². The van der Waals surface area contributed by atoms with E-state index in [1.54, 1.807) is 6.92 Å². The summed E-state index contributed by atoms with van der Waals surface area (Å²) in [6.45, 7) is 4.17. The lowest BCUT2D eigenvalue weighted by Crippen LogP contribution is -2.60. The number of hydrogen-bond donors (Lipinski definition) is 5. The lowest BCUT2D eigenvalue weighted by Gasteiger charge is -2.45. The minimum Gasteiger partial charge on any atom is -0.465 e. The number of aliphatic hydroxyl groups is 1. The molecule has 3 amide bonds. The molecular formula is C27H26F3N5O6. The number of aromatic nitrogens is 2. The van der Waals surface area contributed by atoms with Gasteiger partial charge in [-0.15, -0.1) is 0 Å². The van der Waals surface area contributed by atoms with Crippen molar-refractivity contribution in [1.29, 1.82) is 0 Å². The maximum Gasteiger partial charge on any atom is 0.404 e. The van der Waals surface area contributed by atoms with Gasteiger partial charge in [-0.05, 0) is 44.2 Å². The number of benzene rings is 1. The molecular weight excluding hydrogens is 547 g/mol. The SMILES string of the molecule is CC(=O)Nc1cc(F)c(-c2nc(C(=O)Nc3cnccc3[C@H]3C[C@@H](NC(=O)O)[C@](C)(O)C(C)O3)ccc2F)c(F)c1. The van der Waals surface area contributed by atoms with Crippen LogP contribution in [0.1, 0.15) is 49.3 Å². The van der Waals surface area contributed by atoms with Crippen LogP contribution in [0.2, 0.25) is 0 Å². The third kappa shape index (κ3) is 6.28. The fourth-order valence-corrected chi connectivity index (χ4v) is 4.53. The Hall–Kier alpha value is -4.56. The van der Waals surface area contributed by atoms with Gasteiger partial charge in [-0.25, -0.2) is 22.9 Å². The molecule has 14 heteroatoms. The first-order valence-corrected chi connectivity index (χ1v) is 12.3. The standard InChI is InChI=1S/C27H26F3N5O6/c1-12-27(3,40)22(35-26(38)39)10-21(41-12)15-6-7-31-11-20(15)34-25(37)19-5-4-16(28)24(33-19)23-17(29)8-14(9-18(23)30)32-13(2)36/h4-9,11-12,21-22,35,40H,10H2,1-3H3,(H,32,36)(H,34,37)(H,38,39)/t12?,21-,22-,27-/m1/s1. The summed E-state index contributed by atoms with van der Waals surface area (Å²) in [5.74, 6) is -4.96. The summed E-state index contributed by atoms with van der Waals surface area (Å²) in [4.78, 5) is 43.5. The summed E-state index contributed by atoms with van der Waals surface area (Å²) >= 11 is 0. The summed E-state index contributed by atoms with van der Waals surface area (Å²) in [6.07, 6.45) is -0.168. The number of carbonyl (C=O) groups excluding carboxylic acids is 2. The van der Waals surface area contributed by atoms with Gasteiger partial charge in [0.05, 0.1) is 35.7 Å². The lowest BCUT2D eigenvalue weighted by molar-refractivity contribution is -0.176. The number of carboxylic acid groups (broad SMARTS) is 1. The van der Waals surface area contributed by atoms with Gasteiger partial charge in [-0.3, -0.25) is 14.6 Å². The van der Waals surface area contributed by atoms with E-state index in [1.807, 2.05) is 0 Å². The van der Waals surface area contributed by atoms with Crippen molar-refractivity contribution >= 4 is 29.3 Å². The Morgan fingerprint density at radius 1 is 1.07 bits per heavy atom. The molecule has 1 fully saturated rings. The van der Waals surface area contributed by atoms with Gasteiger partial charge in [0.25, 0.3) is 5.91 Å². The molecule has 0 aliphatic carbocycles. The van der Waals surface area contributed by atoms with E-state index in [4.69, 9.17) is 4.74 Å². The van der Waals surface area contributed by atoms with Crippen LogP contribution in [0.25, 0.3) is 11.3 Å². The van der Waals surface area contributed by atoms with E-state index >= 15 is 0 Å². The van der Waals surface area contributed by atoms with Crippen molar-refractivity contribution in [2.75, 3.05) is 10.6 Å². The van der Waals surface area contributed by atoms with E-state index in [1.165, 1.54) is 25.4 Å². The molecule has 41 heavy (non-hydrogen) atoms. The number of nitrogens with one attached hydrogen (secondary N) is 3. The summed E-state index contributed by atoms with van der Waals surface area (Å²) in [6, 6.07) is 4.08. The van der Waals surface area contributed by atoms with Crippen LogP contribution in [0.15, 0.2) is 42.7 Å². The van der Waals surface area contributed by atoms with E-state index < -0.39 is 70.5 Å². The molecule has 3 aromatic rings. The quantitative estimate of drug-likeness (QED) is 0.295. The highest BCUT2D eigenvalue weighted by atomic mass is 19.1. The highest BCUT2D eigenvalue weighted by Crippen LogP contribution is 2.39. The number of carbonyl (C=O) groups is 3. The number of amides is 3. The molecule has 4 atom stereocenters. The van der Waals surface area contributed by atoms with Gasteiger partial charge in [0.1, 0.15) is 34.4 Å². The molecule has 0 radical (unpaired) electrons. The van der Waals surface area contributed by atoms with Crippen LogP contribution < -0.4 is 16.0 Å². The van der Waals surface area contributed by atoms with Crippen molar-refractivity contribution in [3.63, 3.8) is 0 Å². The molecule has 0 spiro atoms. The molecule has 5 N–H and O–H groups in total. The minimum atomic E-state index is -1.52. The average Bonchev–Trinajstić information content (AvgIpc) is 2.87. The second kappa shape index (κ2) is 11.5. The Morgan fingerprint density at radius 3 is 2.39 bits per heavy atom. The van der Waals surface area contributed by atoms with Crippen molar-refractivity contribution in [3.8, 4) is 11.3 Å². The summed E-state index contributed by atoms with van der Waals surface area (Å²) in [7, 11) is 0. The first-order valence-electron chi connectivity index (χ1n) is 12.3. The number of nitrogens with zero attached hydrogens (tertiary/aromatic N) is 2. The Labute approximate surface area is 231 Å². The van der Waals surface area contributed by atoms with E-state index in [-0.39, 0.29) is 23.5 Å². The molecule has 1 aromatic carbocycles. The van der Waals surface area contributed by atoms with Gasteiger partial charge in [0.2, 0.25) is 5.91 Å². The molecule has 4 rings (SSSR count). The fourth-order valence-electron chi connectivity index (χ4n) is 4.53. The van der Waals surface area contributed by atoms with Crippen LogP contribution >= 0.6 is 0 Å². The number of pyridine rings is 2. The van der Waals surface area contributed by atoms with Crippen molar-refractivity contribution in [2.45, 2.75) is 51.0 Å². The monoisotopic (exact) mass is 573 g/mol. The molecule has 11 nitrogen and oxygen atoms in total. The molecule has 1 unspecified atom stereocenters. The zero-order valence-electron chi connectivity index (χ0n) is 22.0. The third-order valence-electron chi connectivity index (χ3n) is 6.77. The first kappa shape index (κ1) is 29.4. The Morgan fingerprint density at radius 2 is 1.76 bits per heavy atom. The number of ether oxygens (including phenoxy) is 1. The highest BCUT2D eigenvalue weighted by molar-refractivity contribution is 6.03. The molecule has 1 saturated heterocycles. The summed E-state index contributed by atoms with van der Waals surface area (Å²) < 4.78 is 50.2. The van der Waals surface area contributed by atoms with Gasteiger partial charge < -0.3 is 30.9 Å². The lowest BCUT2D eigenvalue weighted by atomic mass is 9.82. The number of anilines is 2. The Balaban J connectivity index is 1.63. The van der Waals surface area contributed by atoms with Gasteiger partial charge >= 0.3 is 6.09 Å². The highest BCUT2D eigenvalue weighted by Gasteiger charge is 2.46. The van der Waals surface area contributed by atoms with Gasteiger partial charge in [0.15, 0.2) is 0 Å². The van der Waals surface area contributed by atoms with Gasteiger partial charge in [-0.1, -0.05) is 0 Å². The Kier molecular flexibility index (Phi) is 8.26. The summed E-state index contributed by atoms with van der Waals surface area (Å²) in [5.41, 5.74) is -3.13. The molecule has 0 saturated carbocycles. The Bertz CT molecular complexity index is 1500. The van der Waals surface area contributed by atoms with E-state index in [9.17, 15) is 37.8 Å². The number of halogens is 3. The summed E-state index contributed by atoms with van der Waals surface area (Å²) in [5, 5.41) is 27.1. The third-order valence-corrected chi connectivity index (χ3v) is 6.77. The fraction of sp³-hybridized carbons (Fsp3) is 0.296. The van der Waals surface area contributed by atoms with Crippen LogP contribution in [0.4, 0.5) is 29.3 Å². The zero-order chi connectivity index (χ0) is 30.1. The van der Waals surface area contributed by atoms with E-state index in [0.717, 1.165) is 31.2 Å². The van der Waals surface area contributed by atoms with E-state index in [0.29, 0.717) is 5.56 Å². The molecule has 1 aliphatic heterocycles. The van der Waals surface area contributed by atoms with Gasteiger partial charge in [0, 0.05) is 30.8 Å². The smallest absolute Gasteiger partial charge is 0.404 e. The zero-order valence-corrected chi connectivity index (χ0v) is 22.0.